The summed E-state index contributed by atoms with van der Waals surface area (Å²) in [6.07, 6.45) is 1.71. The number of alkyl carbamates (subject to hydrolysis) is 1. The number of amides is 1. The number of carbonyl (C=O) groups is 3. The first kappa shape index (κ1) is 15.7. The van der Waals surface area contributed by atoms with E-state index in [0.29, 0.717) is 0 Å². The lowest BCUT2D eigenvalue weighted by atomic mass is 9.74. The number of nitrogens with one attached hydrogen (secondary N) is 1. The van der Waals surface area contributed by atoms with Crippen molar-refractivity contribution in [1.29, 1.82) is 0 Å². The Bertz CT molecular complexity index is 507. The Morgan fingerprint density at radius 1 is 1.40 bits per heavy atom. The maximum absolute atomic E-state index is 11.6. The number of aliphatic carboxylic acids is 2. The molecule has 7 heteroatoms. The molecule has 0 aromatic carbocycles. The van der Waals surface area contributed by atoms with E-state index in [1.54, 1.807) is 6.92 Å². The number of carbonyl (C=O) groups excluding carboxylic acids is 1. The molecular formula is C13H17NO6. The second-order valence-electron chi connectivity index (χ2n) is 4.57. The molecule has 1 aliphatic rings. The third-order valence-electron chi connectivity index (χ3n) is 3.39. The van der Waals surface area contributed by atoms with E-state index < -0.39 is 29.5 Å². The standard InChI is InChI=1S/C13H17NO6/c1-4-20-12(19)14-13(3)7(2)8(10(15)16)5-6-9(13)11(17)18/h5-6,9H,4H2,1-3H3,(H,14,19)(H,15,16)(H,17,18). The van der Waals surface area contributed by atoms with E-state index in [2.05, 4.69) is 5.32 Å². The second kappa shape index (κ2) is 5.77. The minimum atomic E-state index is -1.36. The Kier molecular flexibility index (Phi) is 4.54. The zero-order valence-corrected chi connectivity index (χ0v) is 11.5. The van der Waals surface area contributed by atoms with Gasteiger partial charge in [-0.3, -0.25) is 4.79 Å². The molecule has 0 bridgehead atoms. The van der Waals surface area contributed by atoms with Crippen LogP contribution in [-0.2, 0) is 14.3 Å². The number of ether oxygens (including phenoxy) is 1. The Balaban J connectivity index is 3.25. The molecule has 3 N–H and O–H groups in total. The Hall–Kier alpha value is -2.31. The number of rotatable bonds is 4. The smallest absolute Gasteiger partial charge is 0.407 e. The number of carboxylic acid groups (broad SMARTS) is 2. The summed E-state index contributed by atoms with van der Waals surface area (Å²) in [6.45, 7) is 4.69. The van der Waals surface area contributed by atoms with E-state index in [4.69, 9.17) is 9.84 Å². The van der Waals surface area contributed by atoms with Crippen molar-refractivity contribution in [1.82, 2.24) is 5.32 Å². The van der Waals surface area contributed by atoms with Crippen LogP contribution in [0.25, 0.3) is 0 Å². The molecule has 1 aliphatic carbocycles. The summed E-state index contributed by atoms with van der Waals surface area (Å²) in [5.41, 5.74) is -1.14. The van der Waals surface area contributed by atoms with Crippen LogP contribution < -0.4 is 5.32 Å². The average Bonchev–Trinajstić information content (AvgIpc) is 2.31. The first-order valence-corrected chi connectivity index (χ1v) is 6.04. The van der Waals surface area contributed by atoms with Gasteiger partial charge in [0.2, 0.25) is 0 Å². The number of carboxylic acids is 2. The van der Waals surface area contributed by atoms with Crippen molar-refractivity contribution in [3.8, 4) is 0 Å². The lowest BCUT2D eigenvalue weighted by Crippen LogP contribution is -2.56. The van der Waals surface area contributed by atoms with Gasteiger partial charge in [-0.25, -0.2) is 9.59 Å². The summed E-state index contributed by atoms with van der Waals surface area (Å²) >= 11 is 0. The van der Waals surface area contributed by atoms with Gasteiger partial charge in [0.25, 0.3) is 0 Å². The molecule has 1 amide bonds. The van der Waals surface area contributed by atoms with Crippen molar-refractivity contribution in [3.63, 3.8) is 0 Å². The van der Waals surface area contributed by atoms with Crippen molar-refractivity contribution in [3.05, 3.63) is 23.3 Å². The molecule has 0 aliphatic heterocycles. The van der Waals surface area contributed by atoms with Gasteiger partial charge in [-0.1, -0.05) is 12.2 Å². The van der Waals surface area contributed by atoms with Gasteiger partial charge < -0.3 is 20.3 Å². The van der Waals surface area contributed by atoms with Gasteiger partial charge in [-0.2, -0.15) is 0 Å². The topological polar surface area (TPSA) is 113 Å². The maximum Gasteiger partial charge on any atom is 0.407 e. The summed E-state index contributed by atoms with van der Waals surface area (Å²) in [4.78, 5) is 34.0. The molecule has 0 spiro atoms. The highest BCUT2D eigenvalue weighted by atomic mass is 16.5. The predicted molar refractivity (Wildman–Crippen MR) is 69.2 cm³/mol. The highest BCUT2D eigenvalue weighted by Gasteiger charge is 2.44. The van der Waals surface area contributed by atoms with Gasteiger partial charge in [-0.15, -0.1) is 0 Å². The van der Waals surface area contributed by atoms with E-state index in [0.717, 1.165) is 0 Å². The normalized spacial score (nSPS) is 25.2. The molecule has 0 saturated carbocycles. The van der Waals surface area contributed by atoms with Crippen LogP contribution >= 0.6 is 0 Å². The highest BCUT2D eigenvalue weighted by Crippen LogP contribution is 2.34. The third kappa shape index (κ3) is 2.81. The third-order valence-corrected chi connectivity index (χ3v) is 3.39. The molecular weight excluding hydrogens is 266 g/mol. The van der Waals surface area contributed by atoms with Gasteiger partial charge >= 0.3 is 18.0 Å². The second-order valence-corrected chi connectivity index (χ2v) is 4.57. The Morgan fingerprint density at radius 3 is 2.45 bits per heavy atom. The molecule has 0 aromatic heterocycles. The molecule has 1 rings (SSSR count). The molecule has 20 heavy (non-hydrogen) atoms. The molecule has 0 saturated heterocycles. The van der Waals surface area contributed by atoms with Gasteiger partial charge in [0, 0.05) is 0 Å². The Morgan fingerprint density at radius 2 is 2.00 bits per heavy atom. The first-order valence-electron chi connectivity index (χ1n) is 6.04. The lowest BCUT2D eigenvalue weighted by Gasteiger charge is -2.38. The molecule has 2 unspecified atom stereocenters. The van der Waals surface area contributed by atoms with E-state index in [9.17, 15) is 19.5 Å². The van der Waals surface area contributed by atoms with Crippen molar-refractivity contribution in [2.24, 2.45) is 5.92 Å². The van der Waals surface area contributed by atoms with Crippen LogP contribution in [0.2, 0.25) is 0 Å². The largest absolute Gasteiger partial charge is 0.481 e. The SMILES string of the molecule is CCOC(=O)NC1(C)C(C)=C(C(=O)O)C=CC1C(=O)O. The van der Waals surface area contributed by atoms with E-state index in [1.165, 1.54) is 26.0 Å². The zero-order valence-electron chi connectivity index (χ0n) is 11.5. The zero-order chi connectivity index (χ0) is 15.5. The first-order chi connectivity index (χ1) is 9.24. The molecule has 0 fully saturated rings. The van der Waals surface area contributed by atoms with Gasteiger partial charge in [-0.05, 0) is 26.3 Å². The van der Waals surface area contributed by atoms with E-state index >= 15 is 0 Å². The molecule has 2 atom stereocenters. The van der Waals surface area contributed by atoms with Crippen molar-refractivity contribution in [2.45, 2.75) is 26.3 Å². The van der Waals surface area contributed by atoms with Crippen molar-refractivity contribution >= 4 is 18.0 Å². The average molecular weight is 283 g/mol. The summed E-state index contributed by atoms with van der Waals surface area (Å²) in [5, 5.41) is 20.8. The number of hydrogen-bond donors (Lipinski definition) is 3. The van der Waals surface area contributed by atoms with E-state index in [-0.39, 0.29) is 17.8 Å². The van der Waals surface area contributed by atoms with Crippen LogP contribution in [0, 0.1) is 5.92 Å². The maximum atomic E-state index is 11.6. The van der Waals surface area contributed by atoms with Gasteiger partial charge in [0.15, 0.2) is 0 Å². The predicted octanol–water partition coefficient (Wildman–Crippen LogP) is 1.16. The summed E-state index contributed by atoms with van der Waals surface area (Å²) in [7, 11) is 0. The van der Waals surface area contributed by atoms with Gasteiger partial charge in [0.1, 0.15) is 5.92 Å². The quantitative estimate of drug-likeness (QED) is 0.713. The van der Waals surface area contributed by atoms with Crippen LogP contribution in [0.3, 0.4) is 0 Å². The molecule has 0 aromatic rings. The highest BCUT2D eigenvalue weighted by molar-refractivity contribution is 5.93. The van der Waals surface area contributed by atoms with Crippen molar-refractivity contribution < 1.29 is 29.3 Å². The summed E-state index contributed by atoms with van der Waals surface area (Å²) in [6, 6.07) is 0. The fourth-order valence-corrected chi connectivity index (χ4v) is 2.13. The van der Waals surface area contributed by atoms with Crippen LogP contribution in [0.4, 0.5) is 4.79 Å². The van der Waals surface area contributed by atoms with Crippen LogP contribution in [0.5, 0.6) is 0 Å². The lowest BCUT2D eigenvalue weighted by molar-refractivity contribution is -0.142. The monoisotopic (exact) mass is 283 g/mol. The fourth-order valence-electron chi connectivity index (χ4n) is 2.13. The summed E-state index contributed by atoms with van der Waals surface area (Å²) < 4.78 is 4.74. The van der Waals surface area contributed by atoms with E-state index in [1.807, 2.05) is 0 Å². The van der Waals surface area contributed by atoms with Gasteiger partial charge in [0.05, 0.1) is 17.7 Å². The summed E-state index contributed by atoms with van der Waals surface area (Å²) in [5.74, 6) is -3.42. The minimum absolute atomic E-state index is 0.0400. The Labute approximate surface area is 115 Å². The molecule has 0 radical (unpaired) electrons. The molecule has 7 nitrogen and oxygen atoms in total. The number of hydrogen-bond acceptors (Lipinski definition) is 4. The van der Waals surface area contributed by atoms with Crippen molar-refractivity contribution in [2.75, 3.05) is 6.61 Å². The fraction of sp³-hybridized carbons (Fsp3) is 0.462. The molecule has 0 heterocycles. The van der Waals surface area contributed by atoms with Crippen LogP contribution in [0.1, 0.15) is 20.8 Å². The minimum Gasteiger partial charge on any atom is -0.481 e. The van der Waals surface area contributed by atoms with Crippen LogP contribution in [0.15, 0.2) is 23.3 Å². The van der Waals surface area contributed by atoms with Crippen LogP contribution in [-0.4, -0.2) is 40.4 Å². The molecule has 110 valence electrons.